The van der Waals surface area contributed by atoms with Crippen molar-refractivity contribution >= 4 is 23.2 Å². The summed E-state index contributed by atoms with van der Waals surface area (Å²) in [5.74, 6) is 0.0180. The van der Waals surface area contributed by atoms with Gasteiger partial charge >= 0.3 is 0 Å². The molecule has 0 N–H and O–H groups in total. The van der Waals surface area contributed by atoms with Crippen LogP contribution in [0.2, 0.25) is 0 Å². The Bertz CT molecular complexity index is 848. The van der Waals surface area contributed by atoms with Crippen LogP contribution in [0.15, 0.2) is 35.7 Å². The van der Waals surface area contributed by atoms with Crippen molar-refractivity contribution in [2.45, 2.75) is 39.2 Å². The van der Waals surface area contributed by atoms with Gasteiger partial charge in [-0.15, -0.1) is 11.3 Å². The highest BCUT2D eigenvalue weighted by atomic mass is 32.1. The summed E-state index contributed by atoms with van der Waals surface area (Å²) >= 11 is 1.76. The normalized spacial score (nSPS) is 15.8. The lowest BCUT2D eigenvalue weighted by Gasteiger charge is -2.38. The van der Waals surface area contributed by atoms with E-state index in [4.69, 9.17) is 4.74 Å². The maximum atomic E-state index is 13.4. The fourth-order valence-corrected chi connectivity index (χ4v) is 4.89. The molecule has 0 saturated heterocycles. The van der Waals surface area contributed by atoms with Gasteiger partial charge in [0.05, 0.1) is 12.6 Å². The molecule has 3 rings (SSSR count). The van der Waals surface area contributed by atoms with Crippen molar-refractivity contribution in [3.05, 3.63) is 57.3 Å². The van der Waals surface area contributed by atoms with Gasteiger partial charge in [0.2, 0.25) is 11.8 Å². The second kappa shape index (κ2) is 10.0. The summed E-state index contributed by atoms with van der Waals surface area (Å²) < 4.78 is 5.11. The molecule has 0 spiro atoms. The van der Waals surface area contributed by atoms with E-state index in [-0.39, 0.29) is 24.4 Å². The Kier molecular flexibility index (Phi) is 7.45. The minimum atomic E-state index is -0.0868. The smallest absolute Gasteiger partial charge is 0.242 e. The van der Waals surface area contributed by atoms with Crippen LogP contribution in [0.25, 0.3) is 0 Å². The average Bonchev–Trinajstić information content (AvgIpc) is 3.21. The Balaban J connectivity index is 1.86. The molecule has 0 unspecified atom stereocenters. The quantitative estimate of drug-likeness (QED) is 0.617. The van der Waals surface area contributed by atoms with Gasteiger partial charge in [-0.05, 0) is 47.9 Å². The van der Waals surface area contributed by atoms with E-state index in [2.05, 4.69) is 30.5 Å². The molecular formula is C23H30N2O3S. The maximum Gasteiger partial charge on any atom is 0.242 e. The molecule has 2 amide bonds. The SMILES string of the molecule is CCC(=O)N(CCCOC)CC(=O)N1CCc2sccc2[C@H]1c1ccccc1C. The molecule has 0 fully saturated rings. The molecule has 0 radical (unpaired) electrons. The van der Waals surface area contributed by atoms with Gasteiger partial charge in [0, 0.05) is 38.1 Å². The molecule has 0 bridgehead atoms. The van der Waals surface area contributed by atoms with Crippen LogP contribution in [0.1, 0.15) is 47.4 Å². The van der Waals surface area contributed by atoms with Gasteiger partial charge in [-0.1, -0.05) is 31.2 Å². The molecule has 5 nitrogen and oxygen atoms in total. The second-order valence-corrected chi connectivity index (χ2v) is 8.41. The van der Waals surface area contributed by atoms with Crippen molar-refractivity contribution in [3.8, 4) is 0 Å². The first kappa shape index (κ1) is 21.5. The average molecular weight is 415 g/mol. The number of carbonyl (C=O) groups is 2. The molecule has 6 heteroatoms. The second-order valence-electron chi connectivity index (χ2n) is 7.41. The van der Waals surface area contributed by atoms with E-state index in [0.717, 1.165) is 18.4 Å². The Morgan fingerprint density at radius 2 is 2.03 bits per heavy atom. The fourth-order valence-electron chi connectivity index (χ4n) is 3.98. The molecule has 156 valence electrons. The van der Waals surface area contributed by atoms with Crippen LogP contribution in [-0.2, 0) is 20.7 Å². The Labute approximate surface area is 177 Å². The van der Waals surface area contributed by atoms with Crippen LogP contribution in [0.3, 0.4) is 0 Å². The van der Waals surface area contributed by atoms with Crippen molar-refractivity contribution in [1.82, 2.24) is 9.80 Å². The predicted molar refractivity (Wildman–Crippen MR) is 116 cm³/mol. The van der Waals surface area contributed by atoms with Gasteiger partial charge in [-0.25, -0.2) is 0 Å². The molecule has 1 aliphatic rings. The first-order valence-electron chi connectivity index (χ1n) is 10.2. The van der Waals surface area contributed by atoms with Crippen LogP contribution in [0, 0.1) is 6.92 Å². The van der Waals surface area contributed by atoms with E-state index >= 15 is 0 Å². The van der Waals surface area contributed by atoms with E-state index in [1.165, 1.54) is 16.0 Å². The van der Waals surface area contributed by atoms with Crippen molar-refractivity contribution in [2.75, 3.05) is 33.4 Å². The summed E-state index contributed by atoms with van der Waals surface area (Å²) in [4.78, 5) is 30.8. The zero-order chi connectivity index (χ0) is 20.8. The predicted octanol–water partition coefficient (Wildman–Crippen LogP) is 3.81. The molecule has 1 aliphatic heterocycles. The molecule has 0 aliphatic carbocycles. The number of benzene rings is 1. The number of carbonyl (C=O) groups excluding carboxylic acids is 2. The third-order valence-corrected chi connectivity index (χ3v) is 6.52. The third kappa shape index (κ3) is 4.87. The molecule has 1 aromatic heterocycles. The van der Waals surface area contributed by atoms with Gasteiger partial charge in [0.1, 0.15) is 0 Å². The lowest BCUT2D eigenvalue weighted by molar-refractivity contribution is -0.141. The van der Waals surface area contributed by atoms with Crippen LogP contribution in [-0.4, -0.2) is 55.0 Å². The summed E-state index contributed by atoms with van der Waals surface area (Å²) in [5.41, 5.74) is 3.56. The zero-order valence-corrected chi connectivity index (χ0v) is 18.3. The lowest BCUT2D eigenvalue weighted by Crippen LogP contribution is -2.47. The topological polar surface area (TPSA) is 49.9 Å². The van der Waals surface area contributed by atoms with Crippen LogP contribution in [0.5, 0.6) is 0 Å². The van der Waals surface area contributed by atoms with E-state index in [9.17, 15) is 9.59 Å². The number of rotatable bonds is 8. The van der Waals surface area contributed by atoms with Crippen LogP contribution in [0.4, 0.5) is 0 Å². The minimum Gasteiger partial charge on any atom is -0.385 e. The summed E-state index contributed by atoms with van der Waals surface area (Å²) in [6.07, 6.45) is 1.99. The van der Waals surface area contributed by atoms with Crippen molar-refractivity contribution in [2.24, 2.45) is 0 Å². The van der Waals surface area contributed by atoms with Gasteiger partial charge in [0.15, 0.2) is 0 Å². The first-order chi connectivity index (χ1) is 14.1. The lowest BCUT2D eigenvalue weighted by atomic mass is 9.90. The van der Waals surface area contributed by atoms with Crippen LogP contribution >= 0.6 is 11.3 Å². The minimum absolute atomic E-state index is 0.00863. The molecule has 2 aromatic rings. The van der Waals surface area contributed by atoms with Crippen molar-refractivity contribution in [1.29, 1.82) is 0 Å². The molecule has 2 heterocycles. The summed E-state index contributed by atoms with van der Waals surface area (Å²) in [6, 6.07) is 10.3. The van der Waals surface area contributed by atoms with Gasteiger partial charge < -0.3 is 14.5 Å². The van der Waals surface area contributed by atoms with E-state index in [1.807, 2.05) is 24.0 Å². The van der Waals surface area contributed by atoms with Crippen molar-refractivity contribution < 1.29 is 14.3 Å². The van der Waals surface area contributed by atoms with Crippen molar-refractivity contribution in [3.63, 3.8) is 0 Å². The maximum absolute atomic E-state index is 13.4. The largest absolute Gasteiger partial charge is 0.385 e. The highest BCUT2D eigenvalue weighted by molar-refractivity contribution is 7.10. The Hall–Kier alpha value is -2.18. The monoisotopic (exact) mass is 414 g/mol. The highest BCUT2D eigenvalue weighted by Crippen LogP contribution is 2.38. The zero-order valence-electron chi connectivity index (χ0n) is 17.5. The molecule has 0 saturated carbocycles. The highest BCUT2D eigenvalue weighted by Gasteiger charge is 2.34. The number of hydrogen-bond acceptors (Lipinski definition) is 4. The number of methoxy groups -OCH3 is 1. The van der Waals surface area contributed by atoms with E-state index in [1.54, 1.807) is 23.3 Å². The summed E-state index contributed by atoms with van der Waals surface area (Å²) in [5, 5.41) is 2.11. The van der Waals surface area contributed by atoms with Crippen LogP contribution < -0.4 is 0 Å². The van der Waals surface area contributed by atoms with Gasteiger partial charge in [-0.2, -0.15) is 0 Å². The van der Waals surface area contributed by atoms with Gasteiger partial charge in [-0.3, -0.25) is 9.59 Å². The number of hydrogen-bond donors (Lipinski definition) is 0. The molecule has 1 aromatic carbocycles. The number of aryl methyl sites for hydroxylation is 1. The number of ether oxygens (including phenoxy) is 1. The number of fused-ring (bicyclic) bond motifs is 1. The fraction of sp³-hybridized carbons (Fsp3) is 0.478. The summed E-state index contributed by atoms with van der Waals surface area (Å²) in [6.45, 7) is 5.85. The molecule has 29 heavy (non-hydrogen) atoms. The van der Waals surface area contributed by atoms with E-state index in [0.29, 0.717) is 26.1 Å². The summed E-state index contributed by atoms with van der Waals surface area (Å²) in [7, 11) is 1.65. The number of nitrogens with zero attached hydrogens (tertiary/aromatic N) is 2. The molecular weight excluding hydrogens is 384 g/mol. The first-order valence-corrected chi connectivity index (χ1v) is 11.1. The Morgan fingerprint density at radius 1 is 1.24 bits per heavy atom. The Morgan fingerprint density at radius 3 is 2.76 bits per heavy atom. The third-order valence-electron chi connectivity index (χ3n) is 5.53. The number of amides is 2. The van der Waals surface area contributed by atoms with Gasteiger partial charge in [0.25, 0.3) is 0 Å². The van der Waals surface area contributed by atoms with E-state index < -0.39 is 0 Å². The standard InChI is InChI=1S/C23H30N2O3S/c1-4-21(26)24(12-7-14-28-3)16-22(27)25-13-10-20-19(11-15-29-20)23(25)18-9-6-5-8-17(18)2/h5-6,8-9,11,15,23H,4,7,10,12-14,16H2,1-3H3/t23-/m1/s1. The molecule has 1 atom stereocenters. The number of thiophene rings is 1.